The van der Waals surface area contributed by atoms with Crippen LogP contribution in [0, 0.1) is 5.82 Å². The van der Waals surface area contributed by atoms with Gasteiger partial charge in [0.15, 0.2) is 6.61 Å². The SMILES string of the molecule is O=C(COc1ccc(-c2ccccc2)cc1)OCc1ccccc1F. The van der Waals surface area contributed by atoms with E-state index in [0.717, 1.165) is 11.1 Å². The highest BCUT2D eigenvalue weighted by Gasteiger charge is 2.07. The first-order valence-corrected chi connectivity index (χ1v) is 7.90. The van der Waals surface area contributed by atoms with E-state index >= 15 is 0 Å². The lowest BCUT2D eigenvalue weighted by atomic mass is 10.1. The molecule has 0 radical (unpaired) electrons. The molecule has 0 amide bonds. The van der Waals surface area contributed by atoms with Crippen molar-refractivity contribution in [3.05, 3.63) is 90.2 Å². The highest BCUT2D eigenvalue weighted by molar-refractivity contribution is 5.71. The van der Waals surface area contributed by atoms with Gasteiger partial charge in [-0.1, -0.05) is 60.7 Å². The first kappa shape index (κ1) is 16.7. The molecule has 0 aliphatic rings. The van der Waals surface area contributed by atoms with E-state index in [9.17, 15) is 9.18 Å². The lowest BCUT2D eigenvalue weighted by molar-refractivity contribution is -0.147. The van der Waals surface area contributed by atoms with Crippen molar-refractivity contribution in [1.29, 1.82) is 0 Å². The molecule has 0 aromatic heterocycles. The highest BCUT2D eigenvalue weighted by atomic mass is 19.1. The number of benzene rings is 3. The van der Waals surface area contributed by atoms with Crippen molar-refractivity contribution in [2.75, 3.05) is 6.61 Å². The third-order valence-corrected chi connectivity index (χ3v) is 3.66. The van der Waals surface area contributed by atoms with Crippen molar-refractivity contribution in [3.8, 4) is 16.9 Å². The number of rotatable bonds is 6. The number of halogens is 1. The zero-order valence-electron chi connectivity index (χ0n) is 13.5. The maximum Gasteiger partial charge on any atom is 0.344 e. The van der Waals surface area contributed by atoms with Crippen LogP contribution in [0.4, 0.5) is 4.39 Å². The number of hydrogen-bond acceptors (Lipinski definition) is 3. The van der Waals surface area contributed by atoms with Crippen molar-refractivity contribution >= 4 is 5.97 Å². The standard InChI is InChI=1S/C21H17FO3/c22-20-9-5-4-8-18(20)14-25-21(23)15-24-19-12-10-17(11-13-19)16-6-2-1-3-7-16/h1-13H,14-15H2. The minimum absolute atomic E-state index is 0.109. The smallest absolute Gasteiger partial charge is 0.344 e. The summed E-state index contributed by atoms with van der Waals surface area (Å²) in [5.41, 5.74) is 2.51. The number of esters is 1. The van der Waals surface area contributed by atoms with Crippen LogP contribution in [-0.4, -0.2) is 12.6 Å². The van der Waals surface area contributed by atoms with Gasteiger partial charge >= 0.3 is 5.97 Å². The summed E-state index contributed by atoms with van der Waals surface area (Å²) in [5, 5.41) is 0. The molecule has 25 heavy (non-hydrogen) atoms. The van der Waals surface area contributed by atoms with Crippen molar-refractivity contribution in [2.45, 2.75) is 6.61 Å². The van der Waals surface area contributed by atoms with Crippen LogP contribution in [0.3, 0.4) is 0 Å². The van der Waals surface area contributed by atoms with Gasteiger partial charge in [0.05, 0.1) is 0 Å². The Morgan fingerprint density at radius 2 is 1.44 bits per heavy atom. The lowest BCUT2D eigenvalue weighted by Crippen LogP contribution is -2.15. The minimum Gasteiger partial charge on any atom is -0.482 e. The molecule has 126 valence electrons. The molecule has 0 aliphatic heterocycles. The number of carbonyl (C=O) groups excluding carboxylic acids is 1. The molecular formula is C21H17FO3. The first-order chi connectivity index (χ1) is 12.2. The van der Waals surface area contributed by atoms with Gasteiger partial charge in [0, 0.05) is 5.56 Å². The predicted octanol–water partition coefficient (Wildman–Crippen LogP) is 4.61. The number of hydrogen-bond donors (Lipinski definition) is 0. The van der Waals surface area contributed by atoms with E-state index in [1.807, 2.05) is 42.5 Å². The maximum absolute atomic E-state index is 13.4. The second-order valence-electron chi connectivity index (χ2n) is 5.43. The highest BCUT2D eigenvalue weighted by Crippen LogP contribution is 2.22. The molecule has 0 heterocycles. The summed E-state index contributed by atoms with van der Waals surface area (Å²) in [6.45, 7) is -0.332. The van der Waals surface area contributed by atoms with Gasteiger partial charge in [0.1, 0.15) is 18.2 Å². The second-order valence-corrected chi connectivity index (χ2v) is 5.43. The summed E-state index contributed by atoms with van der Waals surface area (Å²) in [5.74, 6) is -0.370. The molecule has 0 N–H and O–H groups in total. The quantitative estimate of drug-likeness (QED) is 0.617. The van der Waals surface area contributed by atoms with Crippen molar-refractivity contribution < 1.29 is 18.7 Å². The average Bonchev–Trinajstić information content (AvgIpc) is 2.67. The minimum atomic E-state index is -0.546. The van der Waals surface area contributed by atoms with E-state index in [2.05, 4.69) is 0 Å². The molecule has 4 heteroatoms. The number of carbonyl (C=O) groups is 1. The van der Waals surface area contributed by atoms with Crippen molar-refractivity contribution in [3.63, 3.8) is 0 Å². The Morgan fingerprint density at radius 3 is 2.16 bits per heavy atom. The van der Waals surface area contributed by atoms with Crippen LogP contribution >= 0.6 is 0 Å². The van der Waals surface area contributed by atoms with E-state index in [-0.39, 0.29) is 13.2 Å². The van der Waals surface area contributed by atoms with E-state index < -0.39 is 11.8 Å². The normalized spacial score (nSPS) is 10.3. The largest absolute Gasteiger partial charge is 0.482 e. The predicted molar refractivity (Wildman–Crippen MR) is 93.6 cm³/mol. The van der Waals surface area contributed by atoms with Gasteiger partial charge in [0.25, 0.3) is 0 Å². The molecule has 3 nitrogen and oxygen atoms in total. The summed E-state index contributed by atoms with van der Waals surface area (Å²) in [6, 6.07) is 23.6. The third kappa shape index (κ3) is 4.67. The first-order valence-electron chi connectivity index (χ1n) is 7.90. The van der Waals surface area contributed by atoms with E-state index in [1.54, 1.807) is 30.3 Å². The van der Waals surface area contributed by atoms with Gasteiger partial charge in [-0.3, -0.25) is 0 Å². The molecular weight excluding hydrogens is 319 g/mol. The lowest BCUT2D eigenvalue weighted by Gasteiger charge is -2.08. The van der Waals surface area contributed by atoms with Crippen LogP contribution in [0.5, 0.6) is 5.75 Å². The Kier molecular flexibility index (Phi) is 5.42. The molecule has 3 aromatic carbocycles. The molecule has 0 saturated heterocycles. The van der Waals surface area contributed by atoms with Gasteiger partial charge < -0.3 is 9.47 Å². The maximum atomic E-state index is 13.4. The fourth-order valence-corrected chi connectivity index (χ4v) is 2.33. The van der Waals surface area contributed by atoms with Crippen LogP contribution in [0.2, 0.25) is 0 Å². The Morgan fingerprint density at radius 1 is 0.800 bits per heavy atom. The molecule has 3 rings (SSSR count). The van der Waals surface area contributed by atoms with Gasteiger partial charge in [-0.05, 0) is 29.3 Å². The molecule has 0 aliphatic carbocycles. The Hall–Kier alpha value is -3.14. The van der Waals surface area contributed by atoms with Crippen LogP contribution < -0.4 is 4.74 Å². The van der Waals surface area contributed by atoms with Gasteiger partial charge in [-0.2, -0.15) is 0 Å². The van der Waals surface area contributed by atoms with Crippen LogP contribution in [0.25, 0.3) is 11.1 Å². The topological polar surface area (TPSA) is 35.5 Å². The Balaban J connectivity index is 1.50. The summed E-state index contributed by atoms with van der Waals surface area (Å²) < 4.78 is 23.9. The monoisotopic (exact) mass is 336 g/mol. The molecule has 0 atom stereocenters. The van der Waals surface area contributed by atoms with E-state index in [0.29, 0.717) is 11.3 Å². The Labute approximate surface area is 145 Å². The van der Waals surface area contributed by atoms with Crippen molar-refractivity contribution in [1.82, 2.24) is 0 Å². The molecule has 0 fully saturated rings. The molecule has 0 spiro atoms. The fourth-order valence-electron chi connectivity index (χ4n) is 2.33. The molecule has 3 aromatic rings. The molecule has 0 unspecified atom stereocenters. The van der Waals surface area contributed by atoms with E-state index in [4.69, 9.17) is 9.47 Å². The summed E-state index contributed by atoms with van der Waals surface area (Å²) in [6.07, 6.45) is 0. The van der Waals surface area contributed by atoms with Gasteiger partial charge in [-0.15, -0.1) is 0 Å². The average molecular weight is 336 g/mol. The summed E-state index contributed by atoms with van der Waals surface area (Å²) >= 11 is 0. The second kappa shape index (κ2) is 8.11. The number of ether oxygens (including phenoxy) is 2. The molecule has 0 saturated carbocycles. The summed E-state index contributed by atoms with van der Waals surface area (Å²) in [7, 11) is 0. The van der Waals surface area contributed by atoms with Crippen LogP contribution in [-0.2, 0) is 16.1 Å². The van der Waals surface area contributed by atoms with Gasteiger partial charge in [-0.25, -0.2) is 9.18 Å². The van der Waals surface area contributed by atoms with E-state index in [1.165, 1.54) is 6.07 Å². The molecule has 0 bridgehead atoms. The summed E-state index contributed by atoms with van der Waals surface area (Å²) in [4.78, 5) is 11.7. The van der Waals surface area contributed by atoms with Crippen LogP contribution in [0.15, 0.2) is 78.9 Å². The Bertz CT molecular complexity index is 829. The van der Waals surface area contributed by atoms with Gasteiger partial charge in [0.2, 0.25) is 0 Å². The zero-order valence-corrected chi connectivity index (χ0v) is 13.5. The zero-order chi connectivity index (χ0) is 17.5. The van der Waals surface area contributed by atoms with Crippen molar-refractivity contribution in [2.24, 2.45) is 0 Å². The fraction of sp³-hybridized carbons (Fsp3) is 0.0952. The van der Waals surface area contributed by atoms with Crippen LogP contribution in [0.1, 0.15) is 5.56 Å². The third-order valence-electron chi connectivity index (χ3n) is 3.66.